The number of aliphatic imine (C=N–C) groups is 1. The fourth-order valence-corrected chi connectivity index (χ4v) is 1.98. The minimum absolute atomic E-state index is 0.312. The highest BCUT2D eigenvalue weighted by atomic mass is 16.5. The van der Waals surface area contributed by atoms with Crippen LogP contribution in [0.2, 0.25) is 0 Å². The third kappa shape index (κ3) is 8.06. The maximum atomic E-state index is 5.71. The second-order valence-corrected chi connectivity index (χ2v) is 4.84. The third-order valence-electron chi connectivity index (χ3n) is 3.15. The van der Waals surface area contributed by atoms with Gasteiger partial charge in [-0.05, 0) is 19.3 Å². The second-order valence-electron chi connectivity index (χ2n) is 4.84. The van der Waals surface area contributed by atoms with E-state index in [4.69, 9.17) is 9.47 Å². The van der Waals surface area contributed by atoms with Crippen LogP contribution in [0.3, 0.4) is 0 Å². The van der Waals surface area contributed by atoms with E-state index in [1.165, 1.54) is 19.3 Å². The largest absolute Gasteiger partial charge is 0.379 e. The second kappa shape index (κ2) is 11.1. The molecule has 1 saturated heterocycles. The maximum Gasteiger partial charge on any atom is 0.190 e. The van der Waals surface area contributed by atoms with Gasteiger partial charge in [0.2, 0.25) is 0 Å². The predicted octanol–water partition coefficient (Wildman–Crippen LogP) is 1.54. The predicted molar refractivity (Wildman–Crippen MR) is 78.7 cm³/mol. The summed E-state index contributed by atoms with van der Waals surface area (Å²) in [6.45, 7) is 6.48. The van der Waals surface area contributed by atoms with Crippen molar-refractivity contribution in [2.75, 3.05) is 40.0 Å². The molecule has 0 aromatic carbocycles. The topological polar surface area (TPSA) is 54.9 Å². The normalized spacial score (nSPS) is 19.7. The van der Waals surface area contributed by atoms with Gasteiger partial charge >= 0.3 is 0 Å². The van der Waals surface area contributed by atoms with Crippen molar-refractivity contribution in [1.29, 1.82) is 0 Å². The maximum absolute atomic E-state index is 5.71. The average molecular weight is 271 g/mol. The Morgan fingerprint density at radius 1 is 1.26 bits per heavy atom. The summed E-state index contributed by atoms with van der Waals surface area (Å²) in [7, 11) is 1.81. The molecule has 0 aromatic heterocycles. The SMILES string of the molecule is CCCCCNC(=NC)NCCCOC1CCOC1. The fourth-order valence-electron chi connectivity index (χ4n) is 1.98. The lowest BCUT2D eigenvalue weighted by Gasteiger charge is -2.13. The van der Waals surface area contributed by atoms with E-state index in [2.05, 4.69) is 22.5 Å². The molecule has 1 fully saturated rings. The van der Waals surface area contributed by atoms with E-state index in [9.17, 15) is 0 Å². The number of guanidine groups is 1. The van der Waals surface area contributed by atoms with Crippen molar-refractivity contribution in [3.8, 4) is 0 Å². The molecule has 5 nitrogen and oxygen atoms in total. The Labute approximate surface area is 117 Å². The van der Waals surface area contributed by atoms with Crippen LogP contribution < -0.4 is 10.6 Å². The van der Waals surface area contributed by atoms with Crippen molar-refractivity contribution >= 4 is 5.96 Å². The molecule has 1 atom stereocenters. The number of hydrogen-bond acceptors (Lipinski definition) is 3. The van der Waals surface area contributed by atoms with Crippen molar-refractivity contribution < 1.29 is 9.47 Å². The Kier molecular flexibility index (Phi) is 9.45. The van der Waals surface area contributed by atoms with Crippen LogP contribution in [0.25, 0.3) is 0 Å². The van der Waals surface area contributed by atoms with Crippen molar-refractivity contribution in [3.63, 3.8) is 0 Å². The Hall–Kier alpha value is -0.810. The van der Waals surface area contributed by atoms with Crippen molar-refractivity contribution in [3.05, 3.63) is 0 Å². The molecule has 0 aromatic rings. The number of hydrogen-bond donors (Lipinski definition) is 2. The first-order valence-corrected chi connectivity index (χ1v) is 7.50. The van der Waals surface area contributed by atoms with Crippen LogP contribution in [0, 0.1) is 0 Å². The molecule has 1 heterocycles. The van der Waals surface area contributed by atoms with Crippen LogP contribution in [0.1, 0.15) is 39.0 Å². The summed E-state index contributed by atoms with van der Waals surface area (Å²) in [4.78, 5) is 4.19. The van der Waals surface area contributed by atoms with Crippen molar-refractivity contribution in [2.45, 2.75) is 45.1 Å². The van der Waals surface area contributed by atoms with Gasteiger partial charge in [0.15, 0.2) is 5.96 Å². The zero-order chi connectivity index (χ0) is 13.8. The van der Waals surface area contributed by atoms with Gasteiger partial charge in [-0.1, -0.05) is 19.8 Å². The minimum atomic E-state index is 0.312. The molecule has 1 rings (SSSR count). The fraction of sp³-hybridized carbons (Fsp3) is 0.929. The van der Waals surface area contributed by atoms with Gasteiger partial charge in [0.1, 0.15) is 0 Å². The van der Waals surface area contributed by atoms with Crippen LogP contribution >= 0.6 is 0 Å². The van der Waals surface area contributed by atoms with Gasteiger partial charge in [0.05, 0.1) is 12.7 Å². The molecule has 1 aliphatic heterocycles. The Bertz CT molecular complexity index is 241. The van der Waals surface area contributed by atoms with Gasteiger partial charge in [-0.25, -0.2) is 0 Å². The summed E-state index contributed by atoms with van der Waals surface area (Å²) in [5, 5.41) is 6.61. The van der Waals surface area contributed by atoms with Crippen LogP contribution in [0.4, 0.5) is 0 Å². The molecule has 0 saturated carbocycles. The zero-order valence-electron chi connectivity index (χ0n) is 12.4. The van der Waals surface area contributed by atoms with E-state index in [0.717, 1.165) is 51.7 Å². The summed E-state index contributed by atoms with van der Waals surface area (Å²) < 4.78 is 11.0. The lowest BCUT2D eigenvalue weighted by molar-refractivity contribution is 0.0420. The summed E-state index contributed by atoms with van der Waals surface area (Å²) in [6.07, 6.45) is 6.05. The zero-order valence-corrected chi connectivity index (χ0v) is 12.4. The molecule has 2 N–H and O–H groups in total. The molecule has 0 bridgehead atoms. The highest BCUT2D eigenvalue weighted by molar-refractivity contribution is 5.79. The first-order valence-electron chi connectivity index (χ1n) is 7.50. The molecule has 0 amide bonds. The molecule has 5 heteroatoms. The van der Waals surface area contributed by atoms with Crippen LogP contribution in [-0.4, -0.2) is 52.0 Å². The lowest BCUT2D eigenvalue weighted by Crippen LogP contribution is -2.38. The van der Waals surface area contributed by atoms with E-state index >= 15 is 0 Å². The smallest absolute Gasteiger partial charge is 0.190 e. The van der Waals surface area contributed by atoms with E-state index in [1.807, 2.05) is 7.05 Å². The van der Waals surface area contributed by atoms with Crippen molar-refractivity contribution in [1.82, 2.24) is 10.6 Å². The number of nitrogens with zero attached hydrogens (tertiary/aromatic N) is 1. The number of nitrogens with one attached hydrogen (secondary N) is 2. The van der Waals surface area contributed by atoms with Gasteiger partial charge < -0.3 is 20.1 Å². The quantitative estimate of drug-likeness (QED) is 0.379. The van der Waals surface area contributed by atoms with Gasteiger partial charge in [0.25, 0.3) is 0 Å². The van der Waals surface area contributed by atoms with E-state index in [1.54, 1.807) is 0 Å². The Morgan fingerprint density at radius 2 is 2.05 bits per heavy atom. The molecule has 112 valence electrons. The lowest BCUT2D eigenvalue weighted by atomic mass is 10.2. The van der Waals surface area contributed by atoms with Crippen LogP contribution in [-0.2, 0) is 9.47 Å². The molecular formula is C14H29N3O2. The molecule has 1 aliphatic rings. The van der Waals surface area contributed by atoms with Crippen LogP contribution in [0.15, 0.2) is 4.99 Å². The van der Waals surface area contributed by atoms with Gasteiger partial charge in [-0.15, -0.1) is 0 Å². The standard InChI is InChI=1S/C14H29N3O2/c1-3-4-5-8-16-14(15-2)17-9-6-10-19-13-7-11-18-12-13/h13H,3-12H2,1-2H3,(H2,15,16,17). The van der Waals surface area contributed by atoms with Crippen LogP contribution in [0.5, 0.6) is 0 Å². The molecule has 1 unspecified atom stereocenters. The number of ether oxygens (including phenoxy) is 2. The van der Waals surface area contributed by atoms with Gasteiger partial charge in [-0.3, -0.25) is 4.99 Å². The van der Waals surface area contributed by atoms with Gasteiger partial charge in [0, 0.05) is 33.4 Å². The Balaban J connectivity index is 1.93. The monoisotopic (exact) mass is 271 g/mol. The van der Waals surface area contributed by atoms with Crippen molar-refractivity contribution in [2.24, 2.45) is 4.99 Å². The average Bonchev–Trinajstić information content (AvgIpc) is 2.94. The first kappa shape index (κ1) is 16.2. The van der Waals surface area contributed by atoms with E-state index in [-0.39, 0.29) is 0 Å². The summed E-state index contributed by atoms with van der Waals surface area (Å²) in [5.74, 6) is 0.889. The molecule has 19 heavy (non-hydrogen) atoms. The molecule has 0 aliphatic carbocycles. The van der Waals surface area contributed by atoms with E-state index in [0.29, 0.717) is 6.10 Å². The molecular weight excluding hydrogens is 242 g/mol. The van der Waals surface area contributed by atoms with Gasteiger partial charge in [-0.2, -0.15) is 0 Å². The molecule has 0 spiro atoms. The highest BCUT2D eigenvalue weighted by Gasteiger charge is 2.15. The number of rotatable bonds is 9. The number of unbranched alkanes of at least 4 members (excludes halogenated alkanes) is 2. The first-order chi connectivity index (χ1) is 9.36. The highest BCUT2D eigenvalue weighted by Crippen LogP contribution is 2.07. The van der Waals surface area contributed by atoms with E-state index < -0.39 is 0 Å². The molecule has 0 radical (unpaired) electrons. The summed E-state index contributed by atoms with van der Waals surface area (Å²) in [5.41, 5.74) is 0. The Morgan fingerprint density at radius 3 is 2.68 bits per heavy atom. The summed E-state index contributed by atoms with van der Waals surface area (Å²) >= 11 is 0. The summed E-state index contributed by atoms with van der Waals surface area (Å²) in [6, 6.07) is 0. The third-order valence-corrected chi connectivity index (χ3v) is 3.15. The minimum Gasteiger partial charge on any atom is -0.379 e.